The fourth-order valence-electron chi connectivity index (χ4n) is 5.23. The first-order chi connectivity index (χ1) is 19.3. The van der Waals surface area contributed by atoms with Gasteiger partial charge < -0.3 is 14.4 Å². The highest BCUT2D eigenvalue weighted by molar-refractivity contribution is 6.02. The number of alkyl halides is 3. The Kier molecular flexibility index (Phi) is 6.50. The molecule has 5 aromatic rings. The summed E-state index contributed by atoms with van der Waals surface area (Å²) in [5.74, 6) is 0.789. The number of Topliss-reactive ketones (excluding diaryl/α,β-unsaturated/α-hetero) is 1. The van der Waals surface area contributed by atoms with Crippen LogP contribution in [0.5, 0.6) is 0 Å². The third-order valence-corrected chi connectivity index (χ3v) is 7.32. The lowest BCUT2D eigenvalue weighted by atomic mass is 10.1. The van der Waals surface area contributed by atoms with Gasteiger partial charge in [0.25, 0.3) is 0 Å². The Morgan fingerprint density at radius 2 is 1.50 bits per heavy atom. The summed E-state index contributed by atoms with van der Waals surface area (Å²) in [4.78, 5) is 25.3. The topological polar surface area (TPSA) is 54.3 Å². The molecule has 0 unspecified atom stereocenters. The van der Waals surface area contributed by atoms with Gasteiger partial charge in [-0.25, -0.2) is 9.97 Å². The van der Waals surface area contributed by atoms with Gasteiger partial charge in [-0.1, -0.05) is 36.4 Å². The van der Waals surface area contributed by atoms with Crippen molar-refractivity contribution in [3.63, 3.8) is 0 Å². The molecular formula is C31H26F3N5O. The van der Waals surface area contributed by atoms with E-state index in [2.05, 4.69) is 19.8 Å². The SMILES string of the molecule is CC(=O)c1ccc(N2CCN(c3ncnc4c3c(-c3ccccc3)cn4-c3cccc(C(F)(F)F)c3)CC2)cc1. The summed E-state index contributed by atoms with van der Waals surface area (Å²) in [6.45, 7) is 4.45. The minimum atomic E-state index is -4.45. The number of benzene rings is 3. The minimum absolute atomic E-state index is 0.0374. The lowest BCUT2D eigenvalue weighted by Gasteiger charge is -2.37. The van der Waals surface area contributed by atoms with Crippen molar-refractivity contribution in [3.8, 4) is 16.8 Å². The van der Waals surface area contributed by atoms with E-state index in [0.29, 0.717) is 30.0 Å². The monoisotopic (exact) mass is 541 g/mol. The van der Waals surface area contributed by atoms with Crippen LogP contribution < -0.4 is 9.80 Å². The number of nitrogens with zero attached hydrogens (tertiary/aromatic N) is 5. The first-order valence-corrected chi connectivity index (χ1v) is 13.0. The van der Waals surface area contributed by atoms with Crippen LogP contribution in [-0.2, 0) is 6.18 Å². The van der Waals surface area contributed by atoms with E-state index in [4.69, 9.17) is 0 Å². The van der Waals surface area contributed by atoms with Gasteiger partial charge in [0.05, 0.1) is 10.9 Å². The number of carbonyl (C=O) groups is 1. The number of rotatable bonds is 5. The largest absolute Gasteiger partial charge is 0.416 e. The van der Waals surface area contributed by atoms with Crippen molar-refractivity contribution >= 4 is 28.3 Å². The second-order valence-corrected chi connectivity index (χ2v) is 9.80. The maximum absolute atomic E-state index is 13.5. The maximum atomic E-state index is 13.5. The van der Waals surface area contributed by atoms with Gasteiger partial charge in [-0.3, -0.25) is 4.79 Å². The molecule has 0 atom stereocenters. The molecule has 0 amide bonds. The highest BCUT2D eigenvalue weighted by atomic mass is 19.4. The number of piperazine rings is 1. The zero-order valence-corrected chi connectivity index (χ0v) is 21.8. The van der Waals surface area contributed by atoms with E-state index in [1.807, 2.05) is 60.8 Å². The summed E-state index contributed by atoms with van der Waals surface area (Å²) in [5, 5.41) is 0.797. The van der Waals surface area contributed by atoms with Gasteiger partial charge in [-0.15, -0.1) is 0 Å². The molecule has 1 aliphatic heterocycles. The van der Waals surface area contributed by atoms with E-state index in [9.17, 15) is 18.0 Å². The van der Waals surface area contributed by atoms with Gasteiger partial charge >= 0.3 is 6.18 Å². The van der Waals surface area contributed by atoms with Crippen molar-refractivity contribution in [1.82, 2.24) is 14.5 Å². The molecular weight excluding hydrogens is 515 g/mol. The van der Waals surface area contributed by atoms with Crippen LogP contribution in [0, 0.1) is 0 Å². The van der Waals surface area contributed by atoms with Crippen LogP contribution in [0.1, 0.15) is 22.8 Å². The summed E-state index contributed by atoms with van der Waals surface area (Å²) in [5.41, 5.74) is 3.73. The van der Waals surface area contributed by atoms with E-state index >= 15 is 0 Å². The smallest absolute Gasteiger partial charge is 0.368 e. The molecule has 0 spiro atoms. The number of hydrogen-bond donors (Lipinski definition) is 0. The molecule has 3 aromatic carbocycles. The van der Waals surface area contributed by atoms with Crippen molar-refractivity contribution in [1.29, 1.82) is 0 Å². The van der Waals surface area contributed by atoms with E-state index in [-0.39, 0.29) is 5.78 Å². The number of hydrogen-bond acceptors (Lipinski definition) is 5. The Hall–Kier alpha value is -4.66. The van der Waals surface area contributed by atoms with Crippen molar-refractivity contribution in [3.05, 3.63) is 103 Å². The average Bonchev–Trinajstić information content (AvgIpc) is 3.37. The fourth-order valence-corrected chi connectivity index (χ4v) is 5.23. The molecule has 202 valence electrons. The molecule has 0 N–H and O–H groups in total. The Morgan fingerprint density at radius 1 is 0.800 bits per heavy atom. The van der Waals surface area contributed by atoms with Gasteiger partial charge in [0.1, 0.15) is 12.1 Å². The predicted octanol–water partition coefficient (Wildman–Crippen LogP) is 6.64. The lowest BCUT2D eigenvalue weighted by Crippen LogP contribution is -2.47. The first-order valence-electron chi connectivity index (χ1n) is 13.0. The van der Waals surface area contributed by atoms with Crippen molar-refractivity contribution in [2.75, 3.05) is 36.0 Å². The number of ketones is 1. The molecule has 0 saturated carbocycles. The summed E-state index contributed by atoms with van der Waals surface area (Å²) in [7, 11) is 0. The summed E-state index contributed by atoms with van der Waals surface area (Å²) in [6, 6.07) is 22.7. The lowest BCUT2D eigenvalue weighted by molar-refractivity contribution is -0.137. The predicted molar refractivity (Wildman–Crippen MR) is 150 cm³/mol. The third kappa shape index (κ3) is 4.79. The van der Waals surface area contributed by atoms with Gasteiger partial charge in [-0.2, -0.15) is 13.2 Å². The number of anilines is 2. The minimum Gasteiger partial charge on any atom is -0.368 e. The van der Waals surface area contributed by atoms with Gasteiger partial charge in [0.15, 0.2) is 11.4 Å². The second kappa shape index (κ2) is 10.1. The van der Waals surface area contributed by atoms with E-state index in [1.165, 1.54) is 12.4 Å². The van der Waals surface area contributed by atoms with Gasteiger partial charge in [0, 0.05) is 54.9 Å². The molecule has 2 aromatic heterocycles. The highest BCUT2D eigenvalue weighted by Crippen LogP contribution is 2.38. The molecule has 40 heavy (non-hydrogen) atoms. The van der Waals surface area contributed by atoms with Gasteiger partial charge in [0.2, 0.25) is 0 Å². The molecule has 6 rings (SSSR count). The summed E-state index contributed by atoms with van der Waals surface area (Å²) < 4.78 is 42.3. The summed E-state index contributed by atoms with van der Waals surface area (Å²) in [6.07, 6.45) is -1.13. The van der Waals surface area contributed by atoms with Gasteiger partial charge in [-0.05, 0) is 55.0 Å². The first kappa shape index (κ1) is 25.6. The zero-order valence-electron chi connectivity index (χ0n) is 21.8. The molecule has 1 saturated heterocycles. The van der Waals surface area contributed by atoms with E-state index in [0.717, 1.165) is 53.2 Å². The van der Waals surface area contributed by atoms with Crippen LogP contribution in [0.15, 0.2) is 91.4 Å². The zero-order chi connectivity index (χ0) is 27.9. The van der Waals surface area contributed by atoms with E-state index in [1.54, 1.807) is 17.6 Å². The van der Waals surface area contributed by atoms with Crippen LogP contribution in [0.4, 0.5) is 24.7 Å². The standard InChI is InChI=1S/C31H26F3N5O/c1-21(40)22-10-12-25(13-11-22)37-14-16-38(17-15-37)29-28-27(23-6-3-2-4-7-23)19-39(30(28)36-20-35-29)26-9-5-8-24(18-26)31(32,33)34/h2-13,18-20H,14-17H2,1H3. The van der Waals surface area contributed by atoms with Crippen molar-refractivity contribution in [2.45, 2.75) is 13.1 Å². The van der Waals surface area contributed by atoms with Crippen LogP contribution in [0.25, 0.3) is 27.8 Å². The molecule has 1 aliphatic rings. The Balaban J connectivity index is 1.39. The quantitative estimate of drug-likeness (QED) is 0.234. The van der Waals surface area contributed by atoms with Crippen molar-refractivity contribution < 1.29 is 18.0 Å². The molecule has 0 bridgehead atoms. The third-order valence-electron chi connectivity index (χ3n) is 7.32. The number of fused-ring (bicyclic) bond motifs is 1. The molecule has 6 nitrogen and oxygen atoms in total. The molecule has 1 fully saturated rings. The Labute approximate surface area is 229 Å². The van der Waals surface area contributed by atoms with Crippen LogP contribution in [0.3, 0.4) is 0 Å². The maximum Gasteiger partial charge on any atom is 0.416 e. The highest BCUT2D eigenvalue weighted by Gasteiger charge is 2.31. The second-order valence-electron chi connectivity index (χ2n) is 9.80. The van der Waals surface area contributed by atoms with Crippen LogP contribution in [0.2, 0.25) is 0 Å². The molecule has 9 heteroatoms. The summed E-state index contributed by atoms with van der Waals surface area (Å²) >= 11 is 0. The normalized spacial score (nSPS) is 14.1. The number of halogens is 3. The van der Waals surface area contributed by atoms with Crippen LogP contribution >= 0.6 is 0 Å². The number of carbonyl (C=O) groups excluding carboxylic acids is 1. The van der Waals surface area contributed by atoms with E-state index < -0.39 is 11.7 Å². The molecule has 3 heterocycles. The molecule has 0 radical (unpaired) electrons. The average molecular weight is 542 g/mol. The Morgan fingerprint density at radius 3 is 2.17 bits per heavy atom. The number of aromatic nitrogens is 3. The van der Waals surface area contributed by atoms with Crippen molar-refractivity contribution in [2.24, 2.45) is 0 Å². The fraction of sp³-hybridized carbons (Fsp3) is 0.194. The molecule has 0 aliphatic carbocycles. The Bertz CT molecular complexity index is 1670. The van der Waals surface area contributed by atoms with Crippen LogP contribution in [-0.4, -0.2) is 46.5 Å².